The number of benzene rings is 6. The van der Waals surface area contributed by atoms with Crippen LogP contribution in [0.4, 0.5) is 17.1 Å². The number of fused-ring (bicyclic) bond motifs is 5. The molecule has 3 heterocycles. The highest BCUT2D eigenvalue weighted by molar-refractivity contribution is 7.25. The van der Waals surface area contributed by atoms with Gasteiger partial charge in [0.15, 0.2) is 0 Å². The molecule has 234 valence electrons. The third-order valence-electron chi connectivity index (χ3n) is 9.36. The van der Waals surface area contributed by atoms with E-state index < -0.39 is 0 Å². The fraction of sp³-hybridized carbons (Fsp3) is 0. The van der Waals surface area contributed by atoms with E-state index in [0.29, 0.717) is 0 Å². The molecule has 0 N–H and O–H groups in total. The Labute approximate surface area is 302 Å². The van der Waals surface area contributed by atoms with Gasteiger partial charge >= 0.3 is 0 Å². The van der Waals surface area contributed by atoms with E-state index in [9.17, 15) is 0 Å². The lowest BCUT2D eigenvalue weighted by molar-refractivity contribution is 1.28. The summed E-state index contributed by atoms with van der Waals surface area (Å²) in [5.41, 5.74) is 8.21. The molecule has 0 radical (unpaired) electrons. The second-order valence-electron chi connectivity index (χ2n) is 12.4. The van der Waals surface area contributed by atoms with Crippen molar-refractivity contribution in [3.05, 3.63) is 176 Å². The average molecular weight is 690 g/mol. The van der Waals surface area contributed by atoms with Crippen LogP contribution in [0.3, 0.4) is 0 Å². The summed E-state index contributed by atoms with van der Waals surface area (Å²) in [6.07, 6.45) is 0. The zero-order valence-corrected chi connectivity index (χ0v) is 29.2. The molecule has 4 heteroatoms. The molecule has 0 unspecified atom stereocenters. The van der Waals surface area contributed by atoms with Crippen LogP contribution in [0.1, 0.15) is 0 Å². The van der Waals surface area contributed by atoms with E-state index in [4.69, 9.17) is 0 Å². The van der Waals surface area contributed by atoms with Crippen LogP contribution in [0.2, 0.25) is 0 Å². The van der Waals surface area contributed by atoms with E-state index in [0.717, 1.165) is 22.4 Å². The van der Waals surface area contributed by atoms with Crippen LogP contribution in [0.5, 0.6) is 0 Å². The lowest BCUT2D eigenvalue weighted by Gasteiger charge is -2.26. The van der Waals surface area contributed by atoms with Gasteiger partial charge in [-0.2, -0.15) is 0 Å². The molecule has 0 atom stereocenters. The summed E-state index contributed by atoms with van der Waals surface area (Å²) < 4.78 is 5.16. The van der Waals surface area contributed by atoms with E-state index in [1.165, 1.54) is 67.0 Å². The summed E-state index contributed by atoms with van der Waals surface area (Å²) in [5.74, 6) is 0. The van der Waals surface area contributed by atoms with Gasteiger partial charge in [0, 0.05) is 51.0 Å². The van der Waals surface area contributed by atoms with E-state index in [2.05, 4.69) is 175 Å². The molecule has 0 saturated carbocycles. The third-order valence-corrected chi connectivity index (χ3v) is 12.8. The first-order valence-corrected chi connectivity index (χ1v) is 19.0. The minimum Gasteiger partial charge on any atom is -0.311 e. The van der Waals surface area contributed by atoms with Crippen molar-refractivity contribution in [2.24, 2.45) is 0 Å². The number of rotatable bonds is 6. The van der Waals surface area contributed by atoms with Crippen LogP contribution < -0.4 is 4.90 Å². The van der Waals surface area contributed by atoms with Crippen LogP contribution in [-0.4, -0.2) is 0 Å². The number of anilines is 3. The summed E-state index contributed by atoms with van der Waals surface area (Å²) in [4.78, 5) is 4.92. The number of hydrogen-bond acceptors (Lipinski definition) is 4. The molecular weight excluding hydrogens is 663 g/mol. The van der Waals surface area contributed by atoms with E-state index in [1.54, 1.807) is 0 Å². The molecule has 0 fully saturated rings. The summed E-state index contributed by atoms with van der Waals surface area (Å²) in [5, 5.41) is 4.97. The molecule has 7 aromatic carbocycles. The molecular formula is C46H27NS3. The molecule has 50 heavy (non-hydrogen) atoms. The molecule has 0 amide bonds. The van der Waals surface area contributed by atoms with Crippen molar-refractivity contribution in [2.45, 2.75) is 0 Å². The fourth-order valence-electron chi connectivity index (χ4n) is 6.82. The maximum atomic E-state index is 3.33. The molecule has 10 rings (SSSR count). The Morgan fingerprint density at radius 2 is 0.920 bits per heavy atom. The average Bonchev–Trinajstić information content (AvgIpc) is 3.91. The van der Waals surface area contributed by atoms with Crippen LogP contribution in [0, 0.1) is 12.1 Å². The minimum atomic E-state index is 1.11. The second-order valence-corrected chi connectivity index (χ2v) is 15.7. The van der Waals surface area contributed by atoms with Gasteiger partial charge < -0.3 is 4.90 Å². The molecule has 0 aliphatic heterocycles. The SMILES string of the molecule is c1ccc2sc3ccc(-c4ccc(N(c5ccc(-c6cc7ccccc7s6)cc5)c5ccc(-c6cc7ccccc7s6)cc5)cc4)cc3c2c#1. The monoisotopic (exact) mass is 689 g/mol. The topological polar surface area (TPSA) is 3.24 Å². The highest BCUT2D eigenvalue weighted by Gasteiger charge is 2.15. The van der Waals surface area contributed by atoms with Gasteiger partial charge in [-0.05, 0) is 118 Å². The summed E-state index contributed by atoms with van der Waals surface area (Å²) in [7, 11) is 0. The van der Waals surface area contributed by atoms with Gasteiger partial charge in [0.1, 0.15) is 0 Å². The van der Waals surface area contributed by atoms with Gasteiger partial charge in [0.05, 0.1) is 5.39 Å². The van der Waals surface area contributed by atoms with E-state index in [-0.39, 0.29) is 0 Å². The van der Waals surface area contributed by atoms with Gasteiger partial charge in [-0.15, -0.1) is 34.0 Å². The molecule has 0 aliphatic carbocycles. The Balaban J connectivity index is 1.03. The van der Waals surface area contributed by atoms with Crippen molar-refractivity contribution in [3.63, 3.8) is 0 Å². The van der Waals surface area contributed by atoms with Crippen molar-refractivity contribution in [1.29, 1.82) is 0 Å². The van der Waals surface area contributed by atoms with Crippen LogP contribution >= 0.6 is 34.0 Å². The van der Waals surface area contributed by atoms with E-state index >= 15 is 0 Å². The van der Waals surface area contributed by atoms with Gasteiger partial charge in [0.25, 0.3) is 0 Å². The zero-order chi connectivity index (χ0) is 33.0. The minimum absolute atomic E-state index is 1.11. The standard InChI is InChI=1S/C46H27NS3/c1-4-10-41-34(7-1)28-45(48-41)31-15-22-37(23-16-31)47(38-24-17-32(18-25-38)46-29-35-8-2-5-11-42(35)49-46)36-20-13-30(14-21-36)33-19-26-44-40(27-33)39-9-3-6-12-43(39)50-44/h1-2,4-8,10-29H. The maximum absolute atomic E-state index is 3.33. The van der Waals surface area contributed by atoms with Crippen LogP contribution in [-0.2, 0) is 0 Å². The first-order chi connectivity index (χ1) is 24.7. The Bertz CT molecular complexity index is 2620. The molecule has 0 aliphatic rings. The second kappa shape index (κ2) is 12.0. The molecule has 3 aromatic heterocycles. The quantitative estimate of drug-likeness (QED) is 0.168. The normalized spacial score (nSPS) is 11.4. The number of thiophene rings is 3. The lowest BCUT2D eigenvalue weighted by atomic mass is 10.0. The predicted octanol–water partition coefficient (Wildman–Crippen LogP) is 14.6. The smallest absolute Gasteiger partial charge is 0.0508 e. The number of nitrogens with zero attached hydrogens (tertiary/aromatic N) is 1. The Morgan fingerprint density at radius 3 is 1.48 bits per heavy atom. The van der Waals surface area contributed by atoms with Crippen molar-refractivity contribution in [3.8, 4) is 32.0 Å². The Morgan fingerprint density at radius 1 is 0.400 bits per heavy atom. The summed E-state index contributed by atoms with van der Waals surface area (Å²) in [6, 6.07) is 66.1. The van der Waals surface area contributed by atoms with Crippen LogP contribution in [0.25, 0.3) is 72.4 Å². The predicted molar refractivity (Wildman–Crippen MR) is 219 cm³/mol. The number of hydrogen-bond donors (Lipinski definition) is 0. The van der Waals surface area contributed by atoms with E-state index in [1.807, 2.05) is 40.1 Å². The molecule has 0 saturated heterocycles. The van der Waals surface area contributed by atoms with Crippen molar-refractivity contribution in [1.82, 2.24) is 0 Å². The highest BCUT2D eigenvalue weighted by Crippen LogP contribution is 2.41. The largest absolute Gasteiger partial charge is 0.311 e. The first kappa shape index (κ1) is 29.2. The van der Waals surface area contributed by atoms with Crippen molar-refractivity contribution >= 4 is 91.4 Å². The van der Waals surface area contributed by atoms with Gasteiger partial charge in [0.2, 0.25) is 0 Å². The molecule has 0 bridgehead atoms. The molecule has 1 nitrogen and oxygen atoms in total. The summed E-state index contributed by atoms with van der Waals surface area (Å²) >= 11 is 5.50. The van der Waals surface area contributed by atoms with Crippen LogP contribution in [0.15, 0.2) is 164 Å². The Hall–Kier alpha value is -5.70. The Kier molecular flexibility index (Phi) is 7.03. The highest BCUT2D eigenvalue weighted by atomic mass is 32.1. The summed E-state index contributed by atoms with van der Waals surface area (Å²) in [6.45, 7) is 0. The maximum Gasteiger partial charge on any atom is 0.0508 e. The zero-order valence-electron chi connectivity index (χ0n) is 26.8. The lowest BCUT2D eigenvalue weighted by Crippen LogP contribution is -2.09. The van der Waals surface area contributed by atoms with Crippen molar-refractivity contribution < 1.29 is 0 Å². The first-order valence-electron chi connectivity index (χ1n) is 16.6. The van der Waals surface area contributed by atoms with Crippen molar-refractivity contribution in [2.75, 3.05) is 4.90 Å². The molecule has 0 spiro atoms. The van der Waals surface area contributed by atoms with Gasteiger partial charge in [-0.1, -0.05) is 91.0 Å². The fourth-order valence-corrected chi connectivity index (χ4v) is 10.0. The third kappa shape index (κ3) is 5.16. The molecule has 10 aromatic rings. The van der Waals surface area contributed by atoms with Gasteiger partial charge in [-0.3, -0.25) is 0 Å². The van der Waals surface area contributed by atoms with Gasteiger partial charge in [-0.25, -0.2) is 0 Å².